The first kappa shape index (κ1) is 18.5. The zero-order chi connectivity index (χ0) is 18.0. The highest BCUT2D eigenvalue weighted by molar-refractivity contribution is 7.89. The van der Waals surface area contributed by atoms with E-state index in [0.29, 0.717) is 22.3 Å². The van der Waals surface area contributed by atoms with Gasteiger partial charge in [-0.2, -0.15) is 0 Å². The average Bonchev–Trinajstić information content (AvgIpc) is 2.97. The number of sulfonamides is 1. The first-order valence-corrected chi connectivity index (χ1v) is 10.8. The maximum atomic E-state index is 13.7. The Morgan fingerprint density at radius 3 is 2.64 bits per heavy atom. The second kappa shape index (κ2) is 7.51. The van der Waals surface area contributed by atoms with Crippen LogP contribution in [0.1, 0.15) is 32.6 Å². The molecule has 5 nitrogen and oxygen atoms in total. The Hall–Kier alpha value is -1.32. The molecule has 138 valence electrons. The molecule has 0 unspecified atom stereocenters. The van der Waals surface area contributed by atoms with Gasteiger partial charge in [-0.05, 0) is 44.6 Å². The molecule has 1 aromatic heterocycles. The van der Waals surface area contributed by atoms with Crippen LogP contribution in [0, 0.1) is 17.6 Å². The lowest BCUT2D eigenvalue weighted by atomic mass is 9.86. The van der Waals surface area contributed by atoms with Gasteiger partial charge in [0, 0.05) is 18.7 Å². The molecule has 3 rings (SSSR count). The Kier molecular flexibility index (Phi) is 5.55. The lowest BCUT2D eigenvalue weighted by Gasteiger charge is -2.29. The molecule has 0 radical (unpaired) electrons. The summed E-state index contributed by atoms with van der Waals surface area (Å²) < 4.78 is 53.1. The summed E-state index contributed by atoms with van der Waals surface area (Å²) in [6, 6.07) is 2.35. The number of nitrogens with one attached hydrogen (secondary N) is 2. The van der Waals surface area contributed by atoms with Gasteiger partial charge in [-0.15, -0.1) is 0 Å². The number of hydrogen-bond donors (Lipinski definition) is 2. The molecule has 0 atom stereocenters. The van der Waals surface area contributed by atoms with Crippen molar-refractivity contribution in [2.24, 2.45) is 5.92 Å². The molecule has 1 fully saturated rings. The number of anilines is 1. The number of benzene rings is 1. The third-order valence-corrected chi connectivity index (χ3v) is 6.86. The summed E-state index contributed by atoms with van der Waals surface area (Å²) in [5, 5.41) is 3.89. The van der Waals surface area contributed by atoms with Crippen LogP contribution < -0.4 is 10.0 Å². The smallest absolute Gasteiger partial charge is 0.211 e. The highest BCUT2D eigenvalue weighted by Gasteiger charge is 2.23. The fourth-order valence-electron chi connectivity index (χ4n) is 3.05. The van der Waals surface area contributed by atoms with Gasteiger partial charge in [0.05, 0.1) is 10.5 Å². The fourth-order valence-corrected chi connectivity index (χ4v) is 4.73. The summed E-state index contributed by atoms with van der Waals surface area (Å²) in [4.78, 5) is 4.22. The van der Waals surface area contributed by atoms with E-state index in [9.17, 15) is 17.2 Å². The molecule has 1 aliphatic carbocycles. The first-order valence-electron chi connectivity index (χ1n) is 8.35. The third kappa shape index (κ3) is 4.65. The van der Waals surface area contributed by atoms with Crippen molar-refractivity contribution < 1.29 is 17.2 Å². The monoisotopic (exact) mass is 389 g/mol. The molecular weight excluding hydrogens is 368 g/mol. The Morgan fingerprint density at radius 1 is 1.24 bits per heavy atom. The molecule has 9 heteroatoms. The summed E-state index contributed by atoms with van der Waals surface area (Å²) in [6.07, 6.45) is 3.62. The quantitative estimate of drug-likeness (QED) is 0.793. The number of aromatic nitrogens is 1. The molecule has 1 heterocycles. The second-order valence-corrected chi connectivity index (χ2v) is 9.49. The zero-order valence-corrected chi connectivity index (χ0v) is 15.5. The highest BCUT2D eigenvalue weighted by atomic mass is 32.2. The van der Waals surface area contributed by atoms with E-state index in [1.807, 2.05) is 0 Å². The van der Waals surface area contributed by atoms with E-state index in [0.717, 1.165) is 31.7 Å². The standard InChI is InChI=1S/C16H21F2N3O2S2/c1-2-25(22,23)19-9-10-3-5-12(6-4-10)20-16-21-15-13(18)7-11(17)8-14(15)24-16/h7-8,10,12,19H,2-6,9H2,1H3,(H,20,21)/t10-,12-. The van der Waals surface area contributed by atoms with Gasteiger partial charge in [-0.25, -0.2) is 26.9 Å². The van der Waals surface area contributed by atoms with Gasteiger partial charge in [0.25, 0.3) is 0 Å². The minimum absolute atomic E-state index is 0.0959. The van der Waals surface area contributed by atoms with Gasteiger partial charge in [0.2, 0.25) is 10.0 Å². The van der Waals surface area contributed by atoms with E-state index in [4.69, 9.17) is 0 Å². The zero-order valence-electron chi connectivity index (χ0n) is 13.9. The Bertz CT molecular complexity index is 846. The van der Waals surface area contributed by atoms with Crippen molar-refractivity contribution in [3.63, 3.8) is 0 Å². The van der Waals surface area contributed by atoms with Crippen LogP contribution in [0.4, 0.5) is 13.9 Å². The van der Waals surface area contributed by atoms with Gasteiger partial charge in [-0.3, -0.25) is 0 Å². The van der Waals surface area contributed by atoms with Crippen LogP contribution in [0.3, 0.4) is 0 Å². The second-order valence-electron chi connectivity index (χ2n) is 6.37. The molecule has 1 aliphatic rings. The van der Waals surface area contributed by atoms with Crippen LogP contribution >= 0.6 is 11.3 Å². The molecule has 0 bridgehead atoms. The van der Waals surface area contributed by atoms with E-state index < -0.39 is 21.7 Å². The highest BCUT2D eigenvalue weighted by Crippen LogP contribution is 2.32. The molecular formula is C16H21F2N3O2S2. The molecule has 2 aromatic rings. The summed E-state index contributed by atoms with van der Waals surface area (Å²) >= 11 is 1.24. The molecule has 0 aliphatic heterocycles. The van der Waals surface area contributed by atoms with E-state index in [1.165, 1.54) is 17.4 Å². The largest absolute Gasteiger partial charge is 0.359 e. The number of halogens is 2. The molecule has 25 heavy (non-hydrogen) atoms. The number of hydrogen-bond acceptors (Lipinski definition) is 5. The number of rotatable bonds is 6. The van der Waals surface area contributed by atoms with Crippen molar-refractivity contribution in [3.05, 3.63) is 23.8 Å². The van der Waals surface area contributed by atoms with E-state index in [-0.39, 0.29) is 17.3 Å². The Labute approximate surface area is 149 Å². The van der Waals surface area contributed by atoms with Crippen LogP contribution in [-0.4, -0.2) is 31.7 Å². The van der Waals surface area contributed by atoms with Crippen molar-refractivity contribution in [3.8, 4) is 0 Å². The summed E-state index contributed by atoms with van der Waals surface area (Å²) in [6.45, 7) is 2.10. The topological polar surface area (TPSA) is 71.1 Å². The molecule has 0 saturated heterocycles. The van der Waals surface area contributed by atoms with E-state index >= 15 is 0 Å². The minimum atomic E-state index is -3.14. The number of nitrogens with zero attached hydrogens (tertiary/aromatic N) is 1. The number of thiazole rings is 1. The normalized spacial score (nSPS) is 21.6. The van der Waals surface area contributed by atoms with Crippen LogP contribution in [0.15, 0.2) is 12.1 Å². The SMILES string of the molecule is CCS(=O)(=O)NC[C@H]1CC[C@H](Nc2nc3c(F)cc(F)cc3s2)CC1. The average molecular weight is 389 g/mol. The maximum absolute atomic E-state index is 13.7. The first-order chi connectivity index (χ1) is 11.9. The van der Waals surface area contributed by atoms with Crippen LogP contribution in [0.2, 0.25) is 0 Å². The minimum Gasteiger partial charge on any atom is -0.359 e. The van der Waals surface area contributed by atoms with Crippen molar-refractivity contribution in [1.82, 2.24) is 9.71 Å². The van der Waals surface area contributed by atoms with E-state index in [2.05, 4.69) is 15.0 Å². The van der Waals surface area contributed by atoms with Crippen LogP contribution in [0.25, 0.3) is 10.2 Å². The Balaban J connectivity index is 1.55. The predicted molar refractivity (Wildman–Crippen MR) is 96.4 cm³/mol. The number of fused-ring (bicyclic) bond motifs is 1. The molecule has 1 aromatic carbocycles. The molecule has 2 N–H and O–H groups in total. The lowest BCUT2D eigenvalue weighted by Crippen LogP contribution is -2.34. The van der Waals surface area contributed by atoms with Crippen LogP contribution in [-0.2, 0) is 10.0 Å². The van der Waals surface area contributed by atoms with Gasteiger partial charge in [0.1, 0.15) is 11.3 Å². The summed E-state index contributed by atoms with van der Waals surface area (Å²) in [5.41, 5.74) is 0.191. The van der Waals surface area contributed by atoms with Gasteiger partial charge in [0.15, 0.2) is 10.9 Å². The predicted octanol–water partition coefficient (Wildman–Crippen LogP) is 3.48. The van der Waals surface area contributed by atoms with Crippen molar-refractivity contribution >= 4 is 36.7 Å². The van der Waals surface area contributed by atoms with Crippen molar-refractivity contribution in [2.75, 3.05) is 17.6 Å². The van der Waals surface area contributed by atoms with Crippen molar-refractivity contribution in [1.29, 1.82) is 0 Å². The van der Waals surface area contributed by atoms with Crippen LogP contribution in [0.5, 0.6) is 0 Å². The molecule has 0 spiro atoms. The fraction of sp³-hybridized carbons (Fsp3) is 0.562. The third-order valence-electron chi connectivity index (χ3n) is 4.56. The summed E-state index contributed by atoms with van der Waals surface area (Å²) in [7, 11) is -3.14. The Morgan fingerprint density at radius 2 is 1.96 bits per heavy atom. The maximum Gasteiger partial charge on any atom is 0.211 e. The van der Waals surface area contributed by atoms with Gasteiger partial charge in [-0.1, -0.05) is 11.3 Å². The van der Waals surface area contributed by atoms with Gasteiger partial charge >= 0.3 is 0 Å². The van der Waals surface area contributed by atoms with Gasteiger partial charge < -0.3 is 5.32 Å². The summed E-state index contributed by atoms with van der Waals surface area (Å²) in [5.74, 6) is -0.818. The lowest BCUT2D eigenvalue weighted by molar-refractivity contribution is 0.337. The van der Waals surface area contributed by atoms with E-state index in [1.54, 1.807) is 6.92 Å². The molecule has 1 saturated carbocycles. The van der Waals surface area contributed by atoms with Crippen molar-refractivity contribution in [2.45, 2.75) is 38.6 Å². The molecule has 0 amide bonds.